The first-order chi connectivity index (χ1) is 6.38. The van der Waals surface area contributed by atoms with Crippen LogP contribution >= 0.6 is 0 Å². The summed E-state index contributed by atoms with van der Waals surface area (Å²) in [6.07, 6.45) is 8.75. The van der Waals surface area contributed by atoms with Crippen LogP contribution in [0.5, 0.6) is 0 Å². The number of hydrogen-bond donors (Lipinski definition) is 1. The van der Waals surface area contributed by atoms with Gasteiger partial charge in [-0.15, -0.1) is 0 Å². The van der Waals surface area contributed by atoms with Gasteiger partial charge in [0.05, 0.1) is 6.10 Å². The minimum Gasteiger partial charge on any atom is -0.391 e. The Morgan fingerprint density at radius 1 is 0.846 bits per heavy atom. The van der Waals surface area contributed by atoms with E-state index in [1.165, 1.54) is 51.6 Å². The molecule has 0 spiro atoms. The Morgan fingerprint density at radius 2 is 1.54 bits per heavy atom. The molecule has 0 aromatic heterocycles. The van der Waals surface area contributed by atoms with Gasteiger partial charge in [-0.1, -0.05) is 19.3 Å². The van der Waals surface area contributed by atoms with Gasteiger partial charge in [-0.05, 0) is 38.8 Å². The third kappa shape index (κ3) is 2.23. The molecule has 2 unspecified atom stereocenters. The topological polar surface area (TPSA) is 23.5 Å². The van der Waals surface area contributed by atoms with E-state index >= 15 is 0 Å². The lowest BCUT2D eigenvalue weighted by Crippen LogP contribution is -2.41. The monoisotopic (exact) mass is 183 g/mol. The molecule has 76 valence electrons. The Kier molecular flexibility index (Phi) is 3.23. The molecular formula is C11H21NO. The second-order valence-electron chi connectivity index (χ2n) is 4.52. The molecule has 2 nitrogen and oxygen atoms in total. The van der Waals surface area contributed by atoms with Gasteiger partial charge >= 0.3 is 0 Å². The summed E-state index contributed by atoms with van der Waals surface area (Å²) >= 11 is 0. The average Bonchev–Trinajstić information content (AvgIpc) is 2.56. The molecule has 1 saturated carbocycles. The highest BCUT2D eigenvalue weighted by Gasteiger charge is 2.28. The zero-order valence-electron chi connectivity index (χ0n) is 8.41. The van der Waals surface area contributed by atoms with E-state index in [-0.39, 0.29) is 6.10 Å². The largest absolute Gasteiger partial charge is 0.391 e. The molecule has 2 atom stereocenters. The summed E-state index contributed by atoms with van der Waals surface area (Å²) in [6.45, 7) is 2.45. The minimum absolute atomic E-state index is 0.0411. The highest BCUT2D eigenvalue weighted by Crippen LogP contribution is 2.25. The zero-order chi connectivity index (χ0) is 9.10. The summed E-state index contributed by atoms with van der Waals surface area (Å²) in [5.74, 6) is 0. The lowest BCUT2D eigenvalue weighted by Gasteiger charge is -2.30. The van der Waals surface area contributed by atoms with Crippen molar-refractivity contribution in [2.24, 2.45) is 0 Å². The molecule has 0 bridgehead atoms. The molecule has 2 aliphatic rings. The van der Waals surface area contributed by atoms with Crippen LogP contribution in [0.4, 0.5) is 0 Å². The second-order valence-corrected chi connectivity index (χ2v) is 4.52. The highest BCUT2D eigenvalue weighted by molar-refractivity contribution is 4.83. The van der Waals surface area contributed by atoms with Gasteiger partial charge in [0.2, 0.25) is 0 Å². The van der Waals surface area contributed by atoms with Gasteiger partial charge in [0.25, 0.3) is 0 Å². The zero-order valence-corrected chi connectivity index (χ0v) is 8.41. The van der Waals surface area contributed by atoms with E-state index in [1.807, 2.05) is 0 Å². The first-order valence-corrected chi connectivity index (χ1v) is 5.80. The van der Waals surface area contributed by atoms with Gasteiger partial charge < -0.3 is 5.11 Å². The molecule has 0 aromatic rings. The predicted octanol–water partition coefficient (Wildman–Crippen LogP) is 1.78. The van der Waals surface area contributed by atoms with E-state index < -0.39 is 0 Å². The molecule has 1 aliphatic carbocycles. The van der Waals surface area contributed by atoms with E-state index in [9.17, 15) is 5.11 Å². The fraction of sp³-hybridized carbons (Fsp3) is 1.00. The van der Waals surface area contributed by atoms with Gasteiger partial charge in [-0.25, -0.2) is 0 Å². The minimum atomic E-state index is -0.0411. The first kappa shape index (κ1) is 9.47. The maximum absolute atomic E-state index is 9.97. The van der Waals surface area contributed by atoms with Gasteiger partial charge in [0, 0.05) is 6.04 Å². The predicted molar refractivity (Wildman–Crippen MR) is 53.7 cm³/mol. The van der Waals surface area contributed by atoms with E-state index in [0.29, 0.717) is 6.04 Å². The number of likely N-dealkylation sites (tertiary alicyclic amines) is 1. The molecule has 0 radical (unpaired) electrons. The van der Waals surface area contributed by atoms with E-state index in [0.717, 1.165) is 6.42 Å². The number of hydrogen-bond acceptors (Lipinski definition) is 2. The third-order valence-electron chi connectivity index (χ3n) is 3.55. The summed E-state index contributed by atoms with van der Waals surface area (Å²) < 4.78 is 0. The Morgan fingerprint density at radius 3 is 2.31 bits per heavy atom. The van der Waals surface area contributed by atoms with Crippen molar-refractivity contribution in [3.63, 3.8) is 0 Å². The third-order valence-corrected chi connectivity index (χ3v) is 3.55. The van der Waals surface area contributed by atoms with Crippen LogP contribution in [-0.4, -0.2) is 35.2 Å². The van der Waals surface area contributed by atoms with Crippen LogP contribution in [-0.2, 0) is 0 Å². The van der Waals surface area contributed by atoms with Crippen LogP contribution in [0.15, 0.2) is 0 Å². The van der Waals surface area contributed by atoms with Gasteiger partial charge in [-0.2, -0.15) is 0 Å². The van der Waals surface area contributed by atoms with E-state index in [1.54, 1.807) is 0 Å². The average molecular weight is 183 g/mol. The van der Waals surface area contributed by atoms with Crippen LogP contribution in [0.1, 0.15) is 44.9 Å². The van der Waals surface area contributed by atoms with Crippen molar-refractivity contribution in [1.29, 1.82) is 0 Å². The molecule has 13 heavy (non-hydrogen) atoms. The molecule has 0 amide bonds. The number of aliphatic hydroxyl groups excluding tert-OH is 1. The van der Waals surface area contributed by atoms with Crippen molar-refractivity contribution in [3.8, 4) is 0 Å². The molecule has 1 aliphatic heterocycles. The maximum Gasteiger partial charge on any atom is 0.0695 e. The number of rotatable bonds is 1. The van der Waals surface area contributed by atoms with Crippen LogP contribution in [0, 0.1) is 0 Å². The molecule has 1 saturated heterocycles. The molecule has 2 rings (SSSR count). The Hall–Kier alpha value is -0.0800. The smallest absolute Gasteiger partial charge is 0.0695 e. The van der Waals surface area contributed by atoms with Crippen LogP contribution in [0.25, 0.3) is 0 Å². The van der Waals surface area contributed by atoms with Crippen molar-refractivity contribution >= 4 is 0 Å². The van der Waals surface area contributed by atoms with Crippen molar-refractivity contribution < 1.29 is 5.11 Å². The summed E-state index contributed by atoms with van der Waals surface area (Å²) in [5, 5.41) is 9.97. The fourth-order valence-corrected chi connectivity index (χ4v) is 2.77. The Balaban J connectivity index is 1.93. The summed E-state index contributed by atoms with van der Waals surface area (Å²) in [4.78, 5) is 2.51. The molecular weight excluding hydrogens is 162 g/mol. The summed E-state index contributed by atoms with van der Waals surface area (Å²) in [6, 6.07) is 0.491. The van der Waals surface area contributed by atoms with Crippen molar-refractivity contribution in [2.45, 2.75) is 57.1 Å². The molecule has 2 fully saturated rings. The lowest BCUT2D eigenvalue weighted by molar-refractivity contribution is 0.0570. The van der Waals surface area contributed by atoms with Crippen molar-refractivity contribution in [2.75, 3.05) is 13.1 Å². The van der Waals surface area contributed by atoms with Gasteiger partial charge in [-0.3, -0.25) is 4.90 Å². The summed E-state index contributed by atoms with van der Waals surface area (Å²) in [5.41, 5.74) is 0. The van der Waals surface area contributed by atoms with Crippen molar-refractivity contribution in [1.82, 2.24) is 4.90 Å². The SMILES string of the molecule is OC1CCCCCC1N1CCCC1. The standard InChI is InChI=1S/C11H21NO/c13-11-7-3-1-2-6-10(11)12-8-4-5-9-12/h10-11,13H,1-9H2. The highest BCUT2D eigenvalue weighted by atomic mass is 16.3. The Bertz CT molecular complexity index is 154. The van der Waals surface area contributed by atoms with Gasteiger partial charge in [0.15, 0.2) is 0 Å². The normalized spacial score (nSPS) is 37.6. The number of aliphatic hydroxyl groups is 1. The molecule has 1 heterocycles. The van der Waals surface area contributed by atoms with Crippen LogP contribution in [0.2, 0.25) is 0 Å². The lowest BCUT2D eigenvalue weighted by atomic mass is 10.0. The van der Waals surface area contributed by atoms with E-state index in [2.05, 4.69) is 4.90 Å². The van der Waals surface area contributed by atoms with Gasteiger partial charge in [0.1, 0.15) is 0 Å². The Labute approximate surface area is 80.9 Å². The van der Waals surface area contributed by atoms with E-state index in [4.69, 9.17) is 0 Å². The summed E-state index contributed by atoms with van der Waals surface area (Å²) in [7, 11) is 0. The maximum atomic E-state index is 9.97. The van der Waals surface area contributed by atoms with Crippen LogP contribution < -0.4 is 0 Å². The van der Waals surface area contributed by atoms with Crippen molar-refractivity contribution in [3.05, 3.63) is 0 Å². The number of nitrogens with zero attached hydrogens (tertiary/aromatic N) is 1. The fourth-order valence-electron chi connectivity index (χ4n) is 2.77. The molecule has 1 N–H and O–H groups in total. The van der Waals surface area contributed by atoms with Crippen LogP contribution in [0.3, 0.4) is 0 Å². The quantitative estimate of drug-likeness (QED) is 0.626. The first-order valence-electron chi connectivity index (χ1n) is 5.80. The molecule has 0 aromatic carbocycles. The molecule has 2 heteroatoms. The second kappa shape index (κ2) is 4.43.